The molecule has 17 aromatic carbocycles. The van der Waals surface area contributed by atoms with E-state index >= 15 is 0 Å². The van der Waals surface area contributed by atoms with Crippen molar-refractivity contribution in [2.45, 2.75) is 0 Å². The van der Waals surface area contributed by atoms with Crippen LogP contribution in [0.15, 0.2) is 385 Å². The highest BCUT2D eigenvalue weighted by molar-refractivity contribution is 7.27. The van der Waals surface area contributed by atoms with E-state index in [0.717, 1.165) is 89.1 Å². The third kappa shape index (κ3) is 11.2. The van der Waals surface area contributed by atoms with E-state index < -0.39 is 0 Å². The maximum Gasteiger partial charge on any atom is 0.135 e. The van der Waals surface area contributed by atoms with E-state index in [0.29, 0.717) is 0 Å². The third-order valence-corrected chi connectivity index (χ3v) is 26.4. The van der Waals surface area contributed by atoms with Crippen molar-refractivity contribution in [1.29, 1.82) is 0 Å². The first-order valence-corrected chi connectivity index (χ1v) is 40.3. The second kappa shape index (κ2) is 26.3. The maximum absolute atomic E-state index is 6.21. The Balaban J connectivity index is 0.000000136. The van der Waals surface area contributed by atoms with Gasteiger partial charge in [0.2, 0.25) is 0 Å². The van der Waals surface area contributed by atoms with Crippen molar-refractivity contribution in [3.05, 3.63) is 376 Å². The molecule has 110 heavy (non-hydrogen) atoms. The first-order chi connectivity index (χ1) is 54.4. The molecule has 8 heteroatoms. The molecule has 4 nitrogen and oxygen atoms in total. The Morgan fingerprint density at radius 3 is 0.673 bits per heavy atom. The normalized spacial score (nSPS) is 11.8. The van der Waals surface area contributed by atoms with Crippen LogP contribution in [0.4, 0.5) is 34.1 Å². The first kappa shape index (κ1) is 64.0. The number of hydrogen-bond acceptors (Lipinski definition) is 8. The Kier molecular flexibility index (Phi) is 15.3. The number of thiophene rings is 4. The molecule has 0 aliphatic carbocycles. The van der Waals surface area contributed by atoms with Crippen LogP contribution in [-0.4, -0.2) is 0 Å². The van der Waals surface area contributed by atoms with E-state index in [1.54, 1.807) is 0 Å². The van der Waals surface area contributed by atoms with Crippen LogP contribution in [-0.2, 0) is 0 Å². The van der Waals surface area contributed by atoms with E-state index in [1.165, 1.54) is 125 Å². The Labute approximate surface area is 649 Å². The molecule has 0 saturated carbocycles. The summed E-state index contributed by atoms with van der Waals surface area (Å²) in [5.41, 5.74) is 22.2. The summed E-state index contributed by atoms with van der Waals surface area (Å²) in [6, 6.07) is 137. The molecule has 0 aliphatic heterocycles. The second-order valence-electron chi connectivity index (χ2n) is 28.2. The average molecular weight is 1480 g/mol. The Morgan fingerprint density at radius 2 is 0.355 bits per heavy atom. The average Bonchev–Trinajstić information content (AvgIpc) is 1.54. The molecule has 0 atom stereocenters. The van der Waals surface area contributed by atoms with Gasteiger partial charge in [0.05, 0.1) is 0 Å². The monoisotopic (exact) mass is 1470 g/mol. The number of fused-ring (bicyclic) bond motifs is 18. The van der Waals surface area contributed by atoms with Crippen LogP contribution >= 0.6 is 45.3 Å². The topological polar surface area (TPSA) is 32.8 Å². The van der Waals surface area contributed by atoms with Gasteiger partial charge in [0.25, 0.3) is 0 Å². The highest BCUT2D eigenvalue weighted by atomic mass is 32.1. The van der Waals surface area contributed by atoms with Crippen LogP contribution in [0.2, 0.25) is 0 Å². The molecule has 516 valence electrons. The molecule has 0 unspecified atom stereocenters. The van der Waals surface area contributed by atoms with Crippen LogP contribution in [0.3, 0.4) is 0 Å². The molecule has 0 aliphatic rings. The van der Waals surface area contributed by atoms with E-state index in [1.807, 2.05) is 69.6 Å². The molecule has 0 saturated heterocycles. The van der Waals surface area contributed by atoms with Gasteiger partial charge in [0, 0.05) is 136 Å². The van der Waals surface area contributed by atoms with E-state index in [-0.39, 0.29) is 0 Å². The zero-order valence-corrected chi connectivity index (χ0v) is 62.4. The van der Waals surface area contributed by atoms with Crippen molar-refractivity contribution < 1.29 is 8.83 Å². The molecular formula is C102H62N2O2S4. The molecule has 0 amide bonds. The van der Waals surface area contributed by atoms with E-state index in [4.69, 9.17) is 8.83 Å². The summed E-state index contributed by atoms with van der Waals surface area (Å²) in [7, 11) is 0. The molecule has 0 N–H and O–H groups in total. The zero-order valence-electron chi connectivity index (χ0n) is 59.1. The van der Waals surface area contributed by atoms with Crippen molar-refractivity contribution in [3.63, 3.8) is 0 Å². The van der Waals surface area contributed by atoms with Crippen LogP contribution in [0.5, 0.6) is 0 Å². The highest BCUT2D eigenvalue weighted by Gasteiger charge is 2.21. The quantitative estimate of drug-likeness (QED) is 0.129. The van der Waals surface area contributed by atoms with E-state index in [2.05, 4.69) is 362 Å². The summed E-state index contributed by atoms with van der Waals surface area (Å²) in [4.78, 5) is 4.70. The van der Waals surface area contributed by atoms with Gasteiger partial charge in [-0.25, -0.2) is 0 Å². The number of para-hydroxylation sites is 2. The van der Waals surface area contributed by atoms with Gasteiger partial charge in [0.1, 0.15) is 22.3 Å². The van der Waals surface area contributed by atoms with Gasteiger partial charge in [-0.1, -0.05) is 200 Å². The summed E-state index contributed by atoms with van der Waals surface area (Å²) in [5.74, 6) is 0. The molecule has 6 heterocycles. The van der Waals surface area contributed by atoms with Gasteiger partial charge in [-0.2, -0.15) is 0 Å². The number of rotatable bonds is 11. The van der Waals surface area contributed by atoms with Crippen molar-refractivity contribution in [3.8, 4) is 55.6 Å². The predicted molar refractivity (Wildman–Crippen MR) is 476 cm³/mol. The molecule has 0 spiro atoms. The summed E-state index contributed by atoms with van der Waals surface area (Å²) in [5, 5.41) is 15.0. The van der Waals surface area contributed by atoms with Crippen LogP contribution in [0, 0.1) is 0 Å². The molecule has 0 radical (unpaired) electrons. The van der Waals surface area contributed by atoms with Gasteiger partial charge < -0.3 is 18.6 Å². The Bertz CT molecular complexity index is 6990. The number of anilines is 6. The lowest BCUT2D eigenvalue weighted by Crippen LogP contribution is -2.09. The fourth-order valence-electron chi connectivity index (χ4n) is 16.3. The lowest BCUT2D eigenvalue weighted by Gasteiger charge is -2.26. The fourth-order valence-corrected chi connectivity index (χ4v) is 20.6. The fraction of sp³-hybridized carbons (Fsp3) is 0. The van der Waals surface area contributed by atoms with Crippen LogP contribution in [0.1, 0.15) is 0 Å². The third-order valence-electron chi connectivity index (χ3n) is 21.8. The first-order valence-electron chi connectivity index (χ1n) is 37.0. The molecule has 23 rings (SSSR count). The number of hydrogen-bond donors (Lipinski definition) is 0. The van der Waals surface area contributed by atoms with Crippen LogP contribution < -0.4 is 9.80 Å². The summed E-state index contributed by atoms with van der Waals surface area (Å²) in [6.07, 6.45) is 0. The predicted octanol–water partition coefficient (Wildman–Crippen LogP) is 31.9. The Hall–Kier alpha value is -13.2. The van der Waals surface area contributed by atoms with Gasteiger partial charge in [-0.05, 0) is 232 Å². The van der Waals surface area contributed by atoms with Gasteiger partial charge in [0.15, 0.2) is 0 Å². The molecule has 0 fully saturated rings. The zero-order chi connectivity index (χ0) is 72.3. The Morgan fingerprint density at radius 1 is 0.145 bits per heavy atom. The van der Waals surface area contributed by atoms with Gasteiger partial charge >= 0.3 is 0 Å². The van der Waals surface area contributed by atoms with Gasteiger partial charge in [-0.15, -0.1) is 45.3 Å². The van der Waals surface area contributed by atoms with Crippen molar-refractivity contribution >= 4 is 204 Å². The minimum atomic E-state index is 0.883. The smallest absolute Gasteiger partial charge is 0.135 e. The molecule has 23 aromatic rings. The second-order valence-corrected chi connectivity index (χ2v) is 32.6. The summed E-state index contributed by atoms with van der Waals surface area (Å²) >= 11 is 7.44. The highest BCUT2D eigenvalue weighted by Crippen LogP contribution is 2.46. The van der Waals surface area contributed by atoms with Crippen molar-refractivity contribution in [1.82, 2.24) is 0 Å². The standard InChI is InChI=1S/C54H33NS3.C48H29NO2S/c1-4-10-49-43(7-1)46-31-37(19-28-52(46)56-49)34-13-22-40(23-14-34)55(41-24-15-35(16-25-41)38-20-29-53-47(32-38)44-8-2-5-11-50(44)57-53)42-26-17-36(18-27-42)39-21-30-54-48(33-39)45-9-3-6-12-51(45)58-54;1-4-10-43-37(7-1)40-27-32(17-24-45(40)50-43)30-13-19-34(20-14-30)49(36-23-25-46-41(29-36)38-8-2-5-11-44(38)51-46)35-21-15-31(16-22-35)33-18-26-48-42(28-33)39-9-3-6-12-47(39)52-48/h1-33H;1-29H. The number of furan rings is 2. The minimum Gasteiger partial charge on any atom is -0.456 e. The minimum absolute atomic E-state index is 0.883. The largest absolute Gasteiger partial charge is 0.456 e. The molecule has 6 aromatic heterocycles. The number of nitrogens with zero attached hydrogens (tertiary/aromatic N) is 2. The lowest BCUT2D eigenvalue weighted by molar-refractivity contribution is 0.668. The van der Waals surface area contributed by atoms with E-state index in [9.17, 15) is 0 Å². The lowest BCUT2D eigenvalue weighted by atomic mass is 10.0. The van der Waals surface area contributed by atoms with Gasteiger partial charge in [-0.3, -0.25) is 0 Å². The van der Waals surface area contributed by atoms with Crippen molar-refractivity contribution in [2.75, 3.05) is 9.80 Å². The maximum atomic E-state index is 6.21. The summed E-state index contributed by atoms with van der Waals surface area (Å²) in [6.45, 7) is 0. The van der Waals surface area contributed by atoms with Crippen molar-refractivity contribution in [2.24, 2.45) is 0 Å². The molecule has 0 bridgehead atoms. The molecular weight excluding hydrogens is 1410 g/mol. The van der Waals surface area contributed by atoms with Crippen LogP contribution in [0.25, 0.3) is 180 Å². The SMILES string of the molecule is c1ccc2c(c1)oc1ccc(-c3ccc(N(c4ccc(-c5ccc6sc7ccccc7c6c5)cc4)c4ccc5oc6ccccc6c5c4)cc3)cc12.c1ccc2c(c1)sc1ccc(-c3ccc(N(c4ccc(-c5ccc6sc7ccccc7c6c5)cc4)c4ccc(-c5ccc6sc7ccccc7c6c5)cc4)cc3)cc12. The summed E-state index contributed by atoms with van der Waals surface area (Å²) < 4.78 is 22.9. The number of benzene rings is 17.